The summed E-state index contributed by atoms with van der Waals surface area (Å²) in [6.45, 7) is 5.76. The van der Waals surface area contributed by atoms with E-state index < -0.39 is 0 Å². The second-order valence-corrected chi connectivity index (χ2v) is 4.04. The Morgan fingerprint density at radius 1 is 1.18 bits per heavy atom. The Bertz CT molecular complexity index is 350. The highest BCUT2D eigenvalue weighted by Gasteiger charge is 2.08. The maximum atomic E-state index is 12.0. The van der Waals surface area contributed by atoms with E-state index in [0.717, 1.165) is 37.2 Å². The van der Waals surface area contributed by atoms with Gasteiger partial charge in [0.05, 0.1) is 5.56 Å². The normalized spacial score (nSPS) is 10.0. The van der Waals surface area contributed by atoms with Gasteiger partial charge in [0.25, 0.3) is 5.91 Å². The molecule has 0 aliphatic carbocycles. The molecule has 0 fully saturated rings. The number of unbranched alkanes of at least 4 members (excludes halogenated alkanes) is 2. The van der Waals surface area contributed by atoms with Crippen molar-refractivity contribution in [3.05, 3.63) is 29.8 Å². The standard InChI is InChI=1S/C14H22N2O/c1-3-5-8-11-16-14(17)12-9-6-7-10-13(12)15-4-2/h6-7,9-10,15H,3-5,8,11H2,1-2H3,(H,16,17). The van der Waals surface area contributed by atoms with Crippen LogP contribution in [0.1, 0.15) is 43.5 Å². The minimum Gasteiger partial charge on any atom is -0.385 e. The van der Waals surface area contributed by atoms with E-state index in [9.17, 15) is 4.79 Å². The van der Waals surface area contributed by atoms with E-state index >= 15 is 0 Å². The smallest absolute Gasteiger partial charge is 0.253 e. The maximum Gasteiger partial charge on any atom is 0.253 e. The van der Waals surface area contributed by atoms with Crippen LogP contribution in [0.3, 0.4) is 0 Å². The average molecular weight is 234 g/mol. The Morgan fingerprint density at radius 2 is 1.94 bits per heavy atom. The van der Waals surface area contributed by atoms with Crippen LogP contribution in [0.4, 0.5) is 5.69 Å². The Kier molecular flexibility index (Phi) is 6.15. The number of nitrogens with one attached hydrogen (secondary N) is 2. The minimum atomic E-state index is 0.0117. The van der Waals surface area contributed by atoms with Gasteiger partial charge in [-0.05, 0) is 25.5 Å². The van der Waals surface area contributed by atoms with Crippen LogP contribution in [-0.2, 0) is 0 Å². The zero-order valence-corrected chi connectivity index (χ0v) is 10.8. The number of amides is 1. The van der Waals surface area contributed by atoms with Gasteiger partial charge in [-0.3, -0.25) is 4.79 Å². The van der Waals surface area contributed by atoms with Crippen molar-refractivity contribution in [2.45, 2.75) is 33.1 Å². The largest absolute Gasteiger partial charge is 0.385 e. The van der Waals surface area contributed by atoms with Gasteiger partial charge in [0.2, 0.25) is 0 Å². The minimum absolute atomic E-state index is 0.0117. The zero-order chi connectivity index (χ0) is 12.5. The van der Waals surface area contributed by atoms with Crippen molar-refractivity contribution >= 4 is 11.6 Å². The number of carbonyl (C=O) groups is 1. The van der Waals surface area contributed by atoms with E-state index in [-0.39, 0.29) is 5.91 Å². The summed E-state index contributed by atoms with van der Waals surface area (Å²) in [5.74, 6) is 0.0117. The molecule has 1 aromatic rings. The number of anilines is 1. The molecule has 0 saturated heterocycles. The highest BCUT2D eigenvalue weighted by atomic mass is 16.1. The first-order valence-electron chi connectivity index (χ1n) is 6.40. The topological polar surface area (TPSA) is 41.1 Å². The molecule has 0 aromatic heterocycles. The van der Waals surface area contributed by atoms with E-state index in [4.69, 9.17) is 0 Å². The van der Waals surface area contributed by atoms with Crippen LogP contribution in [0, 0.1) is 0 Å². The van der Waals surface area contributed by atoms with Gasteiger partial charge in [-0.25, -0.2) is 0 Å². The van der Waals surface area contributed by atoms with E-state index in [1.807, 2.05) is 31.2 Å². The SMILES string of the molecule is CCCCCNC(=O)c1ccccc1NCC. The van der Waals surface area contributed by atoms with Crippen LogP contribution in [0.2, 0.25) is 0 Å². The van der Waals surface area contributed by atoms with Crippen molar-refractivity contribution in [1.29, 1.82) is 0 Å². The van der Waals surface area contributed by atoms with Crippen LogP contribution in [0.25, 0.3) is 0 Å². The third-order valence-electron chi connectivity index (χ3n) is 2.60. The Labute approximate surface area is 104 Å². The third-order valence-corrected chi connectivity index (χ3v) is 2.60. The van der Waals surface area contributed by atoms with Gasteiger partial charge >= 0.3 is 0 Å². The number of hydrogen-bond acceptors (Lipinski definition) is 2. The van der Waals surface area contributed by atoms with Crippen molar-refractivity contribution in [1.82, 2.24) is 5.32 Å². The van der Waals surface area contributed by atoms with Gasteiger partial charge in [-0.2, -0.15) is 0 Å². The van der Waals surface area contributed by atoms with Crippen molar-refractivity contribution < 1.29 is 4.79 Å². The van der Waals surface area contributed by atoms with Gasteiger partial charge in [-0.15, -0.1) is 0 Å². The van der Waals surface area contributed by atoms with E-state index in [1.165, 1.54) is 6.42 Å². The Balaban J connectivity index is 2.55. The molecule has 3 heteroatoms. The summed E-state index contributed by atoms with van der Waals surface area (Å²) in [7, 11) is 0. The molecule has 0 radical (unpaired) electrons. The quantitative estimate of drug-likeness (QED) is 0.712. The van der Waals surface area contributed by atoms with Gasteiger partial charge in [0, 0.05) is 18.8 Å². The number of rotatable bonds is 7. The first kappa shape index (κ1) is 13.6. The van der Waals surface area contributed by atoms with Gasteiger partial charge < -0.3 is 10.6 Å². The lowest BCUT2D eigenvalue weighted by atomic mass is 10.1. The molecule has 0 unspecified atom stereocenters. The fourth-order valence-corrected chi connectivity index (χ4v) is 1.70. The number of benzene rings is 1. The monoisotopic (exact) mass is 234 g/mol. The second-order valence-electron chi connectivity index (χ2n) is 4.04. The summed E-state index contributed by atoms with van der Waals surface area (Å²) in [5, 5.41) is 6.15. The zero-order valence-electron chi connectivity index (χ0n) is 10.8. The van der Waals surface area contributed by atoms with Crippen LogP contribution < -0.4 is 10.6 Å². The molecule has 0 bridgehead atoms. The molecule has 1 aromatic carbocycles. The van der Waals surface area contributed by atoms with E-state index in [0.29, 0.717) is 0 Å². The molecule has 0 spiro atoms. The van der Waals surface area contributed by atoms with E-state index in [1.54, 1.807) is 0 Å². The molecule has 1 amide bonds. The number of carbonyl (C=O) groups excluding carboxylic acids is 1. The van der Waals surface area contributed by atoms with Gasteiger partial charge in [0.15, 0.2) is 0 Å². The molecule has 0 aliphatic rings. The summed E-state index contributed by atoms with van der Waals surface area (Å²) >= 11 is 0. The summed E-state index contributed by atoms with van der Waals surface area (Å²) < 4.78 is 0. The van der Waals surface area contributed by atoms with Crippen molar-refractivity contribution in [3.63, 3.8) is 0 Å². The molecule has 0 atom stereocenters. The molecular formula is C14H22N2O. The Hall–Kier alpha value is -1.51. The lowest BCUT2D eigenvalue weighted by Crippen LogP contribution is -2.25. The summed E-state index contributed by atoms with van der Waals surface area (Å²) in [5.41, 5.74) is 1.63. The number of para-hydroxylation sites is 1. The molecule has 0 saturated carbocycles. The van der Waals surface area contributed by atoms with Crippen molar-refractivity contribution in [2.24, 2.45) is 0 Å². The first-order valence-corrected chi connectivity index (χ1v) is 6.40. The van der Waals surface area contributed by atoms with Gasteiger partial charge in [0.1, 0.15) is 0 Å². The van der Waals surface area contributed by atoms with E-state index in [2.05, 4.69) is 17.6 Å². The van der Waals surface area contributed by atoms with Crippen molar-refractivity contribution in [3.8, 4) is 0 Å². The molecule has 1 rings (SSSR count). The fourth-order valence-electron chi connectivity index (χ4n) is 1.70. The summed E-state index contributed by atoms with van der Waals surface area (Å²) in [4.78, 5) is 12.0. The Morgan fingerprint density at radius 3 is 2.65 bits per heavy atom. The highest BCUT2D eigenvalue weighted by Crippen LogP contribution is 2.14. The lowest BCUT2D eigenvalue weighted by Gasteiger charge is -2.10. The lowest BCUT2D eigenvalue weighted by molar-refractivity contribution is 0.0954. The average Bonchev–Trinajstić information content (AvgIpc) is 2.35. The fraction of sp³-hybridized carbons (Fsp3) is 0.500. The molecule has 94 valence electrons. The molecule has 2 N–H and O–H groups in total. The molecular weight excluding hydrogens is 212 g/mol. The predicted octanol–water partition coefficient (Wildman–Crippen LogP) is 3.04. The summed E-state index contributed by atoms with van der Waals surface area (Å²) in [6.07, 6.45) is 3.38. The molecule has 17 heavy (non-hydrogen) atoms. The summed E-state index contributed by atoms with van der Waals surface area (Å²) in [6, 6.07) is 7.62. The van der Waals surface area contributed by atoms with Crippen LogP contribution in [0.15, 0.2) is 24.3 Å². The van der Waals surface area contributed by atoms with Crippen LogP contribution in [0.5, 0.6) is 0 Å². The molecule has 0 aliphatic heterocycles. The predicted molar refractivity (Wildman–Crippen MR) is 72.5 cm³/mol. The second kappa shape index (κ2) is 7.71. The highest BCUT2D eigenvalue weighted by molar-refractivity contribution is 5.99. The molecule has 0 heterocycles. The third kappa shape index (κ3) is 4.47. The van der Waals surface area contributed by atoms with Crippen LogP contribution in [-0.4, -0.2) is 19.0 Å². The number of hydrogen-bond donors (Lipinski definition) is 2. The maximum absolute atomic E-state index is 12.0. The molecule has 3 nitrogen and oxygen atoms in total. The van der Waals surface area contributed by atoms with Crippen LogP contribution >= 0.6 is 0 Å². The van der Waals surface area contributed by atoms with Gasteiger partial charge in [-0.1, -0.05) is 31.9 Å². The first-order chi connectivity index (χ1) is 8.29. The van der Waals surface area contributed by atoms with Crippen molar-refractivity contribution in [2.75, 3.05) is 18.4 Å².